The van der Waals surface area contributed by atoms with Gasteiger partial charge in [0.15, 0.2) is 0 Å². The molecule has 0 aliphatic heterocycles. The van der Waals surface area contributed by atoms with Crippen LogP contribution in [-0.2, 0) is 14.4 Å². The molecule has 16 heavy (non-hydrogen) atoms. The van der Waals surface area contributed by atoms with E-state index in [1.165, 1.54) is 0 Å². The largest absolute Gasteiger partial charge is 1.00 e. The van der Waals surface area contributed by atoms with E-state index >= 15 is 0 Å². The molecule has 0 fully saturated rings. The van der Waals surface area contributed by atoms with Crippen LogP contribution in [0, 0.1) is 0 Å². The fraction of sp³-hybridized carbons (Fsp3) is 0.375. The maximum Gasteiger partial charge on any atom is 1.00 e. The van der Waals surface area contributed by atoms with Crippen LogP contribution in [-0.4, -0.2) is 23.9 Å². The van der Waals surface area contributed by atoms with E-state index in [1.54, 1.807) is 0 Å². The third-order valence-corrected chi connectivity index (χ3v) is 1.42. The molecule has 0 aromatic carbocycles. The number of hydrogen-bond acceptors (Lipinski definition) is 5. The summed E-state index contributed by atoms with van der Waals surface area (Å²) < 4.78 is 0. The van der Waals surface area contributed by atoms with Crippen LogP contribution in [0.1, 0.15) is 12.8 Å². The van der Waals surface area contributed by atoms with E-state index in [-0.39, 0.29) is 109 Å². The normalized spacial score (nSPS) is 10.0. The van der Waals surface area contributed by atoms with E-state index < -0.39 is 30.3 Å². The van der Waals surface area contributed by atoms with Crippen molar-refractivity contribution in [2.45, 2.75) is 18.9 Å². The molecule has 1 N–H and O–H groups in total. The molecule has 0 aromatic heterocycles. The summed E-state index contributed by atoms with van der Waals surface area (Å²) in [5.41, 5.74) is 0. The molecule has 0 heterocycles. The Morgan fingerprint density at radius 2 is 1.75 bits per heavy atom. The Bertz CT molecular complexity index is 269. The topological polar surface area (TPSA) is 109 Å². The standard InChI is InChI=1S/C8H11NO5.2K/c1-2-6(10)9-5(8(13)14)3-4-7(11)12;;/h2,5H,1,3-4H2,(H,9,10)(H,11,12)(H,13,14);;/q;2*+1/p-2/t5-;;/m0../s1. The van der Waals surface area contributed by atoms with Crippen LogP contribution in [0.25, 0.3) is 0 Å². The third-order valence-electron chi connectivity index (χ3n) is 1.42. The van der Waals surface area contributed by atoms with Crippen LogP contribution in [0.2, 0.25) is 0 Å². The second-order valence-electron chi connectivity index (χ2n) is 2.50. The molecule has 0 aromatic rings. The van der Waals surface area contributed by atoms with Gasteiger partial charge >= 0.3 is 103 Å². The Morgan fingerprint density at radius 3 is 2.06 bits per heavy atom. The van der Waals surface area contributed by atoms with Gasteiger partial charge in [-0.1, -0.05) is 6.58 Å². The minimum absolute atomic E-state index is 0. The molecular weight excluding hydrogens is 268 g/mol. The average Bonchev–Trinajstić information content (AvgIpc) is 2.10. The summed E-state index contributed by atoms with van der Waals surface area (Å²) in [5.74, 6) is -3.62. The van der Waals surface area contributed by atoms with Gasteiger partial charge in [0.2, 0.25) is 5.91 Å². The quantitative estimate of drug-likeness (QED) is 0.383. The summed E-state index contributed by atoms with van der Waals surface area (Å²) in [6.45, 7) is 3.11. The first-order valence-corrected chi connectivity index (χ1v) is 3.81. The molecule has 1 atom stereocenters. The number of aliphatic carboxylic acids is 2. The van der Waals surface area contributed by atoms with Gasteiger partial charge in [-0.25, -0.2) is 0 Å². The van der Waals surface area contributed by atoms with E-state index in [4.69, 9.17) is 0 Å². The van der Waals surface area contributed by atoms with Gasteiger partial charge < -0.3 is 25.1 Å². The smallest absolute Gasteiger partial charge is 0.550 e. The Kier molecular flexibility index (Phi) is 18.2. The first kappa shape index (κ1) is 22.6. The summed E-state index contributed by atoms with van der Waals surface area (Å²) >= 11 is 0. The number of carbonyl (C=O) groups is 3. The van der Waals surface area contributed by atoms with Crippen molar-refractivity contribution in [2.24, 2.45) is 0 Å². The number of amides is 1. The van der Waals surface area contributed by atoms with Gasteiger partial charge in [-0.3, -0.25) is 4.79 Å². The Balaban J connectivity index is -0.000000845. The molecule has 0 unspecified atom stereocenters. The summed E-state index contributed by atoms with van der Waals surface area (Å²) in [5, 5.41) is 22.4. The molecule has 0 spiro atoms. The molecule has 0 aliphatic carbocycles. The summed E-state index contributed by atoms with van der Waals surface area (Å²) in [7, 11) is 0. The fourth-order valence-electron chi connectivity index (χ4n) is 0.742. The van der Waals surface area contributed by atoms with Gasteiger partial charge in [0.05, 0.1) is 12.0 Å². The molecule has 6 nitrogen and oxygen atoms in total. The van der Waals surface area contributed by atoms with E-state index in [0.717, 1.165) is 6.08 Å². The number of rotatable bonds is 6. The molecule has 0 aliphatic rings. The van der Waals surface area contributed by atoms with Crippen LogP contribution < -0.4 is 118 Å². The predicted octanol–water partition coefficient (Wildman–Crippen LogP) is -9.05. The van der Waals surface area contributed by atoms with E-state index in [2.05, 4.69) is 6.58 Å². The van der Waals surface area contributed by atoms with Crippen LogP contribution in [0.5, 0.6) is 0 Å². The molecule has 8 heteroatoms. The number of carboxylic acids is 2. The monoisotopic (exact) mass is 277 g/mol. The van der Waals surface area contributed by atoms with Crippen molar-refractivity contribution >= 4 is 17.8 Å². The fourth-order valence-corrected chi connectivity index (χ4v) is 0.742. The van der Waals surface area contributed by atoms with Crippen LogP contribution in [0.15, 0.2) is 12.7 Å². The number of nitrogens with one attached hydrogen (secondary N) is 1. The predicted molar refractivity (Wildman–Crippen MR) is 41.4 cm³/mol. The Morgan fingerprint density at radius 1 is 1.25 bits per heavy atom. The molecular formula is C8H9K2NO5. The first-order valence-electron chi connectivity index (χ1n) is 3.81. The van der Waals surface area contributed by atoms with E-state index in [1.807, 2.05) is 5.32 Å². The van der Waals surface area contributed by atoms with Crippen molar-refractivity contribution in [1.29, 1.82) is 0 Å². The zero-order valence-electron chi connectivity index (χ0n) is 9.32. The zero-order valence-corrected chi connectivity index (χ0v) is 15.6. The minimum atomic E-state index is -1.54. The third kappa shape index (κ3) is 11.9. The van der Waals surface area contributed by atoms with Crippen molar-refractivity contribution in [3.63, 3.8) is 0 Å². The maximum atomic E-state index is 10.7. The SMILES string of the molecule is C=CC(=O)N[C@@H](CCC(=O)[O-])C(=O)[O-].[K+].[K+]. The van der Waals surface area contributed by atoms with Crippen LogP contribution >= 0.6 is 0 Å². The molecule has 0 radical (unpaired) electrons. The van der Waals surface area contributed by atoms with Crippen molar-refractivity contribution in [1.82, 2.24) is 5.32 Å². The number of carboxylic acid groups (broad SMARTS) is 2. The van der Waals surface area contributed by atoms with Gasteiger partial charge in [-0.05, 0) is 18.9 Å². The van der Waals surface area contributed by atoms with Gasteiger partial charge in [0, 0.05) is 5.97 Å². The Hall–Kier alpha value is 1.42. The van der Waals surface area contributed by atoms with Crippen molar-refractivity contribution in [3.05, 3.63) is 12.7 Å². The van der Waals surface area contributed by atoms with Gasteiger partial charge in [0.25, 0.3) is 0 Å². The summed E-state index contributed by atoms with van der Waals surface area (Å²) in [4.78, 5) is 31.1. The van der Waals surface area contributed by atoms with E-state index in [9.17, 15) is 24.6 Å². The number of hydrogen-bond donors (Lipinski definition) is 1. The zero-order chi connectivity index (χ0) is 11.1. The second-order valence-corrected chi connectivity index (χ2v) is 2.50. The van der Waals surface area contributed by atoms with Crippen molar-refractivity contribution in [3.8, 4) is 0 Å². The molecule has 0 saturated heterocycles. The average molecular weight is 277 g/mol. The molecule has 0 rings (SSSR count). The maximum absolute atomic E-state index is 10.7. The van der Waals surface area contributed by atoms with Gasteiger partial charge in [0.1, 0.15) is 0 Å². The van der Waals surface area contributed by atoms with Crippen LogP contribution in [0.3, 0.4) is 0 Å². The molecule has 78 valence electrons. The van der Waals surface area contributed by atoms with Crippen molar-refractivity contribution < 1.29 is 127 Å². The van der Waals surface area contributed by atoms with Crippen molar-refractivity contribution in [2.75, 3.05) is 0 Å². The summed E-state index contributed by atoms with van der Waals surface area (Å²) in [6, 6.07) is -1.33. The molecule has 0 saturated carbocycles. The second kappa shape index (κ2) is 12.9. The van der Waals surface area contributed by atoms with Crippen LogP contribution in [0.4, 0.5) is 0 Å². The first-order chi connectivity index (χ1) is 6.47. The number of carbonyl (C=O) groups excluding carboxylic acids is 3. The van der Waals surface area contributed by atoms with Gasteiger partial charge in [-0.2, -0.15) is 0 Å². The molecule has 1 amide bonds. The van der Waals surface area contributed by atoms with E-state index in [0.29, 0.717) is 0 Å². The van der Waals surface area contributed by atoms with Gasteiger partial charge in [-0.15, -0.1) is 0 Å². The Labute approximate surface area is 178 Å². The molecule has 0 bridgehead atoms. The minimum Gasteiger partial charge on any atom is -0.550 e. The summed E-state index contributed by atoms with van der Waals surface area (Å²) in [6.07, 6.45) is 0.148.